The average molecular weight is 272 g/mol. The molecule has 104 valence electrons. The number of amides is 1. The third-order valence-corrected chi connectivity index (χ3v) is 3.05. The maximum absolute atomic E-state index is 11.1. The van der Waals surface area contributed by atoms with E-state index in [-0.39, 0.29) is 11.7 Å². The molecule has 5 nitrogen and oxygen atoms in total. The second kappa shape index (κ2) is 6.73. The molecule has 1 fully saturated rings. The van der Waals surface area contributed by atoms with Gasteiger partial charge in [0.1, 0.15) is 24.0 Å². The minimum absolute atomic E-state index is 0.0989. The number of benzene rings is 1. The van der Waals surface area contributed by atoms with Crippen LogP contribution in [0.5, 0.6) is 5.75 Å². The van der Waals surface area contributed by atoms with Gasteiger partial charge in [0, 0.05) is 12.2 Å². The Bertz CT molecular complexity index is 554. The summed E-state index contributed by atoms with van der Waals surface area (Å²) in [6.07, 6.45) is 3.59. The molecule has 1 heterocycles. The van der Waals surface area contributed by atoms with Crippen LogP contribution >= 0.6 is 0 Å². The van der Waals surface area contributed by atoms with Crippen LogP contribution in [0, 0.1) is 11.3 Å². The van der Waals surface area contributed by atoms with E-state index in [2.05, 4.69) is 0 Å². The van der Waals surface area contributed by atoms with E-state index < -0.39 is 5.91 Å². The molecule has 0 spiro atoms. The van der Waals surface area contributed by atoms with E-state index in [0.717, 1.165) is 19.4 Å². The third kappa shape index (κ3) is 3.59. The van der Waals surface area contributed by atoms with Gasteiger partial charge in [0.15, 0.2) is 0 Å². The van der Waals surface area contributed by atoms with Gasteiger partial charge in [-0.2, -0.15) is 5.26 Å². The summed E-state index contributed by atoms with van der Waals surface area (Å²) in [7, 11) is 0. The topological polar surface area (TPSA) is 85.3 Å². The van der Waals surface area contributed by atoms with Gasteiger partial charge in [-0.05, 0) is 25.0 Å². The molecule has 1 unspecified atom stereocenters. The normalized spacial score (nSPS) is 18.6. The highest BCUT2D eigenvalue weighted by Crippen LogP contribution is 2.22. The molecule has 0 saturated carbocycles. The first-order chi connectivity index (χ1) is 9.70. The average Bonchev–Trinajstić information content (AvgIpc) is 2.96. The highest BCUT2D eigenvalue weighted by Gasteiger charge is 2.16. The maximum atomic E-state index is 11.1. The van der Waals surface area contributed by atoms with Crippen molar-refractivity contribution < 1.29 is 14.3 Å². The maximum Gasteiger partial charge on any atom is 0.259 e. The number of carbonyl (C=O) groups excluding carboxylic acids is 1. The molecule has 1 aliphatic heterocycles. The monoisotopic (exact) mass is 272 g/mol. The SMILES string of the molecule is N#C/C(=C\c1ccccc1OCC1CCCO1)C(N)=O. The molecule has 1 aromatic rings. The van der Waals surface area contributed by atoms with Crippen molar-refractivity contribution in [1.29, 1.82) is 5.26 Å². The molecule has 1 amide bonds. The van der Waals surface area contributed by atoms with E-state index >= 15 is 0 Å². The van der Waals surface area contributed by atoms with Gasteiger partial charge in [0.2, 0.25) is 0 Å². The summed E-state index contributed by atoms with van der Waals surface area (Å²) in [5, 5.41) is 8.87. The fourth-order valence-electron chi connectivity index (χ4n) is 2.00. The van der Waals surface area contributed by atoms with Crippen molar-refractivity contribution in [3.05, 3.63) is 35.4 Å². The molecular formula is C15H16N2O3. The third-order valence-electron chi connectivity index (χ3n) is 3.05. The number of carbonyl (C=O) groups is 1. The summed E-state index contributed by atoms with van der Waals surface area (Å²) in [4.78, 5) is 11.1. The van der Waals surface area contributed by atoms with E-state index in [4.69, 9.17) is 20.5 Å². The minimum Gasteiger partial charge on any atom is -0.490 e. The second-order valence-electron chi connectivity index (χ2n) is 4.52. The van der Waals surface area contributed by atoms with Crippen LogP contribution in [0.25, 0.3) is 6.08 Å². The van der Waals surface area contributed by atoms with Gasteiger partial charge < -0.3 is 15.2 Å². The smallest absolute Gasteiger partial charge is 0.259 e. The molecular weight excluding hydrogens is 256 g/mol. The van der Waals surface area contributed by atoms with Crippen LogP contribution in [-0.4, -0.2) is 25.2 Å². The molecule has 0 radical (unpaired) electrons. The first-order valence-corrected chi connectivity index (χ1v) is 6.45. The molecule has 1 saturated heterocycles. The van der Waals surface area contributed by atoms with Gasteiger partial charge in [-0.3, -0.25) is 4.79 Å². The number of hydrogen-bond donors (Lipinski definition) is 1. The second-order valence-corrected chi connectivity index (χ2v) is 4.52. The first kappa shape index (κ1) is 14.1. The lowest BCUT2D eigenvalue weighted by Gasteiger charge is -2.13. The molecule has 1 aliphatic rings. The molecule has 1 atom stereocenters. The first-order valence-electron chi connectivity index (χ1n) is 6.45. The Morgan fingerprint density at radius 3 is 3.00 bits per heavy atom. The van der Waals surface area contributed by atoms with Crippen molar-refractivity contribution in [2.24, 2.45) is 5.73 Å². The molecule has 2 rings (SSSR count). The standard InChI is InChI=1S/C15H16N2O3/c16-9-12(15(17)18)8-11-4-1-2-6-14(11)20-10-13-5-3-7-19-13/h1-2,4,6,8,13H,3,5,7,10H2,(H2,17,18)/b12-8+. The Morgan fingerprint density at radius 2 is 2.35 bits per heavy atom. The summed E-state index contributed by atoms with van der Waals surface area (Å²) < 4.78 is 11.2. The van der Waals surface area contributed by atoms with Crippen LogP contribution in [0.3, 0.4) is 0 Å². The number of hydrogen-bond acceptors (Lipinski definition) is 4. The molecule has 2 N–H and O–H groups in total. The van der Waals surface area contributed by atoms with Crippen LogP contribution in [-0.2, 0) is 9.53 Å². The highest BCUT2D eigenvalue weighted by molar-refractivity contribution is 6.00. The fraction of sp³-hybridized carbons (Fsp3) is 0.333. The van der Waals surface area contributed by atoms with E-state index in [1.165, 1.54) is 6.08 Å². The zero-order chi connectivity index (χ0) is 14.4. The van der Waals surface area contributed by atoms with Gasteiger partial charge in [0.25, 0.3) is 5.91 Å². The Balaban J connectivity index is 2.13. The van der Waals surface area contributed by atoms with Crippen LogP contribution in [0.2, 0.25) is 0 Å². The van der Waals surface area contributed by atoms with E-state index in [1.54, 1.807) is 24.3 Å². The predicted molar refractivity (Wildman–Crippen MR) is 73.7 cm³/mol. The van der Waals surface area contributed by atoms with Gasteiger partial charge in [-0.25, -0.2) is 0 Å². The minimum atomic E-state index is -0.749. The number of ether oxygens (including phenoxy) is 2. The van der Waals surface area contributed by atoms with Gasteiger partial charge in [0.05, 0.1) is 6.10 Å². The number of nitriles is 1. The zero-order valence-electron chi connectivity index (χ0n) is 11.0. The van der Waals surface area contributed by atoms with Crippen LogP contribution in [0.15, 0.2) is 29.8 Å². The summed E-state index contributed by atoms with van der Waals surface area (Å²) in [5.41, 5.74) is 5.68. The summed E-state index contributed by atoms with van der Waals surface area (Å²) in [5.74, 6) is -0.140. The molecule has 0 bridgehead atoms. The van der Waals surface area contributed by atoms with Crippen molar-refractivity contribution >= 4 is 12.0 Å². The van der Waals surface area contributed by atoms with Crippen molar-refractivity contribution in [3.8, 4) is 11.8 Å². The molecule has 5 heteroatoms. The van der Waals surface area contributed by atoms with Gasteiger partial charge in [-0.15, -0.1) is 0 Å². The Morgan fingerprint density at radius 1 is 1.55 bits per heavy atom. The highest BCUT2D eigenvalue weighted by atomic mass is 16.5. The largest absolute Gasteiger partial charge is 0.490 e. The lowest BCUT2D eigenvalue weighted by molar-refractivity contribution is -0.114. The van der Waals surface area contributed by atoms with E-state index in [9.17, 15) is 4.79 Å². The lowest BCUT2D eigenvalue weighted by atomic mass is 10.1. The van der Waals surface area contributed by atoms with E-state index in [1.807, 2.05) is 6.07 Å². The fourth-order valence-corrected chi connectivity index (χ4v) is 2.00. The number of primary amides is 1. The molecule has 0 aromatic heterocycles. The number of rotatable bonds is 5. The van der Waals surface area contributed by atoms with Crippen LogP contribution in [0.4, 0.5) is 0 Å². The van der Waals surface area contributed by atoms with Crippen molar-refractivity contribution in [3.63, 3.8) is 0 Å². The number of nitrogens with two attached hydrogens (primary N) is 1. The number of nitrogens with zero attached hydrogens (tertiary/aromatic N) is 1. The van der Waals surface area contributed by atoms with Crippen molar-refractivity contribution in [2.45, 2.75) is 18.9 Å². The number of para-hydroxylation sites is 1. The lowest BCUT2D eigenvalue weighted by Crippen LogP contribution is -2.16. The molecule has 0 aliphatic carbocycles. The van der Waals surface area contributed by atoms with Crippen molar-refractivity contribution in [1.82, 2.24) is 0 Å². The summed E-state index contributed by atoms with van der Waals surface area (Å²) >= 11 is 0. The predicted octanol–water partition coefficient (Wildman–Crippen LogP) is 1.64. The van der Waals surface area contributed by atoms with Crippen LogP contribution < -0.4 is 10.5 Å². The van der Waals surface area contributed by atoms with Gasteiger partial charge >= 0.3 is 0 Å². The molecule has 20 heavy (non-hydrogen) atoms. The zero-order valence-corrected chi connectivity index (χ0v) is 11.0. The van der Waals surface area contributed by atoms with Crippen molar-refractivity contribution in [2.75, 3.05) is 13.2 Å². The summed E-state index contributed by atoms with van der Waals surface area (Å²) in [6.45, 7) is 1.24. The van der Waals surface area contributed by atoms with Crippen LogP contribution in [0.1, 0.15) is 18.4 Å². The quantitative estimate of drug-likeness (QED) is 0.652. The molecule has 1 aromatic carbocycles. The Labute approximate surface area is 117 Å². The van der Waals surface area contributed by atoms with E-state index in [0.29, 0.717) is 17.9 Å². The summed E-state index contributed by atoms with van der Waals surface area (Å²) in [6, 6.07) is 8.98. The van der Waals surface area contributed by atoms with Gasteiger partial charge in [-0.1, -0.05) is 18.2 Å². The Kier molecular flexibility index (Phi) is 4.75. The Hall–Kier alpha value is -2.32.